The molecule has 1 atom stereocenters. The van der Waals surface area contributed by atoms with Gasteiger partial charge in [-0.2, -0.15) is 9.61 Å². The summed E-state index contributed by atoms with van der Waals surface area (Å²) in [6.45, 7) is 17.8. The maximum Gasteiger partial charge on any atom is 0.165 e. The lowest BCUT2D eigenvalue weighted by Gasteiger charge is -2.38. The van der Waals surface area contributed by atoms with Crippen LogP contribution in [-0.2, 0) is 11.2 Å². The largest absolute Gasteiger partial charge is 0.380 e. The summed E-state index contributed by atoms with van der Waals surface area (Å²) >= 11 is 0. The number of aromatic nitrogens is 3. The summed E-state index contributed by atoms with van der Waals surface area (Å²) in [5, 5.41) is 5.08. The Hall–Kier alpha value is -2.40. The molecule has 0 spiro atoms. The minimum atomic E-state index is 0.508. The van der Waals surface area contributed by atoms with Gasteiger partial charge in [0, 0.05) is 30.5 Å². The van der Waals surface area contributed by atoms with Crippen molar-refractivity contribution in [2.45, 2.75) is 80.2 Å². The van der Waals surface area contributed by atoms with E-state index in [1.54, 1.807) is 0 Å². The zero-order valence-electron chi connectivity index (χ0n) is 20.9. The van der Waals surface area contributed by atoms with Gasteiger partial charge in [0.1, 0.15) is 5.82 Å². The number of fused-ring (bicyclic) bond motifs is 3. The fraction of sp³-hybridized carbons (Fsp3) is 0.556. The van der Waals surface area contributed by atoms with E-state index in [2.05, 4.69) is 70.0 Å². The van der Waals surface area contributed by atoms with Crippen LogP contribution >= 0.6 is 0 Å². The molecule has 0 amide bonds. The molecule has 3 aromatic rings. The van der Waals surface area contributed by atoms with Gasteiger partial charge < -0.3 is 9.64 Å². The van der Waals surface area contributed by atoms with Crippen LogP contribution < -0.4 is 4.90 Å². The summed E-state index contributed by atoms with van der Waals surface area (Å²) in [7, 11) is 0. The van der Waals surface area contributed by atoms with Crippen molar-refractivity contribution < 1.29 is 4.74 Å². The average molecular weight is 435 g/mol. The topological polar surface area (TPSA) is 42.7 Å². The van der Waals surface area contributed by atoms with E-state index in [-0.39, 0.29) is 0 Å². The third kappa shape index (κ3) is 3.92. The smallest absolute Gasteiger partial charge is 0.165 e. The molecule has 0 saturated heterocycles. The maximum atomic E-state index is 5.89. The molecule has 0 radical (unpaired) electrons. The zero-order valence-corrected chi connectivity index (χ0v) is 20.9. The van der Waals surface area contributed by atoms with Crippen LogP contribution in [0, 0.1) is 34.6 Å². The minimum Gasteiger partial charge on any atom is -0.380 e. The van der Waals surface area contributed by atoms with Gasteiger partial charge in [-0.1, -0.05) is 31.5 Å². The Balaban J connectivity index is 1.91. The van der Waals surface area contributed by atoms with Crippen LogP contribution in [0.3, 0.4) is 0 Å². The Morgan fingerprint density at radius 1 is 0.969 bits per heavy atom. The van der Waals surface area contributed by atoms with Crippen molar-refractivity contribution in [1.29, 1.82) is 0 Å². The molecular weight excluding hydrogens is 396 g/mol. The lowest BCUT2D eigenvalue weighted by atomic mass is 9.93. The molecule has 5 nitrogen and oxygen atoms in total. The first-order valence-electron chi connectivity index (χ1n) is 12.2. The van der Waals surface area contributed by atoms with Gasteiger partial charge in [-0.25, -0.2) is 4.98 Å². The highest BCUT2D eigenvalue weighted by Gasteiger charge is 2.31. The predicted molar refractivity (Wildman–Crippen MR) is 133 cm³/mol. The number of nitrogens with zero attached hydrogens (tertiary/aromatic N) is 4. The van der Waals surface area contributed by atoms with E-state index < -0.39 is 0 Å². The Morgan fingerprint density at radius 2 is 1.69 bits per heavy atom. The maximum absolute atomic E-state index is 5.89. The van der Waals surface area contributed by atoms with Crippen molar-refractivity contribution in [2.24, 2.45) is 0 Å². The number of aryl methyl sites for hydroxylation is 5. The highest BCUT2D eigenvalue weighted by Crippen LogP contribution is 2.39. The predicted octanol–water partition coefficient (Wildman–Crippen LogP) is 5.90. The summed E-state index contributed by atoms with van der Waals surface area (Å²) in [5.41, 5.74) is 10.8. The normalized spacial score (nSPS) is 16.1. The van der Waals surface area contributed by atoms with E-state index in [1.807, 2.05) is 0 Å². The molecule has 3 heterocycles. The van der Waals surface area contributed by atoms with Crippen molar-refractivity contribution in [3.63, 3.8) is 0 Å². The minimum absolute atomic E-state index is 0.508. The standard InChI is InChI=1S/C27H38N4O/c1-8-13-32-14-12-30-22(9-2)10-11-23-20(6)28-26-25(21(7)29-31(26)27(23)30)24-18(4)15-17(3)16-19(24)5/h15-16,22H,8-14H2,1-7H3. The average Bonchev–Trinajstić information content (AvgIpc) is 3.06. The van der Waals surface area contributed by atoms with Crippen LogP contribution in [-0.4, -0.2) is 40.4 Å². The van der Waals surface area contributed by atoms with Crippen LogP contribution in [0.1, 0.15) is 66.8 Å². The molecule has 1 unspecified atom stereocenters. The van der Waals surface area contributed by atoms with Gasteiger partial charge in [-0.3, -0.25) is 0 Å². The molecule has 1 aromatic carbocycles. The summed E-state index contributed by atoms with van der Waals surface area (Å²) in [4.78, 5) is 7.67. The molecule has 0 bridgehead atoms. The zero-order chi connectivity index (χ0) is 23.0. The second kappa shape index (κ2) is 9.22. The lowest BCUT2D eigenvalue weighted by Crippen LogP contribution is -2.43. The number of hydrogen-bond donors (Lipinski definition) is 0. The van der Waals surface area contributed by atoms with Crippen molar-refractivity contribution >= 4 is 11.5 Å². The summed E-state index contributed by atoms with van der Waals surface area (Å²) < 4.78 is 8.02. The Labute approximate surface area is 192 Å². The number of ether oxygens (including phenoxy) is 1. The molecule has 5 heteroatoms. The Kier molecular flexibility index (Phi) is 6.57. The van der Waals surface area contributed by atoms with Crippen molar-refractivity contribution in [1.82, 2.24) is 14.6 Å². The van der Waals surface area contributed by atoms with Crippen molar-refractivity contribution in [3.05, 3.63) is 45.8 Å². The Bertz CT molecular complexity index is 1110. The van der Waals surface area contributed by atoms with Crippen LogP contribution in [0.5, 0.6) is 0 Å². The van der Waals surface area contributed by atoms with Crippen LogP contribution in [0.4, 0.5) is 5.82 Å². The lowest BCUT2D eigenvalue weighted by molar-refractivity contribution is 0.138. The molecule has 0 saturated carbocycles. The molecule has 0 N–H and O–H groups in total. The van der Waals surface area contributed by atoms with E-state index >= 15 is 0 Å². The molecular formula is C27H38N4O. The molecule has 32 heavy (non-hydrogen) atoms. The summed E-state index contributed by atoms with van der Waals surface area (Å²) in [6, 6.07) is 5.04. The van der Waals surface area contributed by atoms with Gasteiger partial charge in [-0.05, 0) is 77.0 Å². The number of anilines is 1. The quantitative estimate of drug-likeness (QED) is 0.435. The number of benzene rings is 1. The van der Waals surface area contributed by atoms with E-state index in [4.69, 9.17) is 14.8 Å². The first kappa shape index (κ1) is 22.8. The molecule has 0 aliphatic carbocycles. The summed E-state index contributed by atoms with van der Waals surface area (Å²) in [6.07, 6.45) is 4.40. The van der Waals surface area contributed by atoms with E-state index in [9.17, 15) is 0 Å². The molecule has 2 aromatic heterocycles. The van der Waals surface area contributed by atoms with Gasteiger partial charge in [0.2, 0.25) is 0 Å². The van der Waals surface area contributed by atoms with E-state index in [1.165, 1.54) is 39.2 Å². The van der Waals surface area contributed by atoms with Gasteiger partial charge in [0.25, 0.3) is 0 Å². The van der Waals surface area contributed by atoms with E-state index in [0.717, 1.165) is 62.5 Å². The van der Waals surface area contributed by atoms with Crippen LogP contribution in [0.2, 0.25) is 0 Å². The van der Waals surface area contributed by atoms with Gasteiger partial charge in [0.15, 0.2) is 5.65 Å². The second-order valence-corrected chi connectivity index (χ2v) is 9.38. The molecule has 1 aliphatic rings. The van der Waals surface area contributed by atoms with Gasteiger partial charge >= 0.3 is 0 Å². The highest BCUT2D eigenvalue weighted by atomic mass is 16.5. The molecule has 4 rings (SSSR count). The fourth-order valence-electron chi connectivity index (χ4n) is 5.50. The van der Waals surface area contributed by atoms with E-state index in [0.29, 0.717) is 6.04 Å². The molecule has 1 aliphatic heterocycles. The SMILES string of the molecule is CCCOCCN1c2c(c(C)nc3c(-c4c(C)cc(C)cc4C)c(C)nn23)CCC1CC. The third-order valence-electron chi connectivity index (χ3n) is 6.88. The fourth-order valence-corrected chi connectivity index (χ4v) is 5.50. The van der Waals surface area contributed by atoms with Crippen LogP contribution in [0.25, 0.3) is 16.8 Å². The van der Waals surface area contributed by atoms with Crippen molar-refractivity contribution in [2.75, 3.05) is 24.7 Å². The first-order valence-corrected chi connectivity index (χ1v) is 12.2. The Morgan fingerprint density at radius 3 is 2.34 bits per heavy atom. The van der Waals surface area contributed by atoms with Crippen LogP contribution in [0.15, 0.2) is 12.1 Å². The third-order valence-corrected chi connectivity index (χ3v) is 6.88. The van der Waals surface area contributed by atoms with Crippen molar-refractivity contribution in [3.8, 4) is 11.1 Å². The second-order valence-electron chi connectivity index (χ2n) is 9.38. The molecule has 0 fully saturated rings. The highest BCUT2D eigenvalue weighted by molar-refractivity contribution is 5.85. The monoisotopic (exact) mass is 434 g/mol. The van der Waals surface area contributed by atoms with Gasteiger partial charge in [0.05, 0.1) is 17.9 Å². The van der Waals surface area contributed by atoms with Gasteiger partial charge in [-0.15, -0.1) is 0 Å². The number of hydrogen-bond acceptors (Lipinski definition) is 4. The molecule has 172 valence electrons. The first-order chi connectivity index (χ1) is 15.4. The summed E-state index contributed by atoms with van der Waals surface area (Å²) in [5.74, 6) is 1.22. The number of rotatable bonds is 7.